The molecule has 0 unspecified atom stereocenters. The van der Waals surface area contributed by atoms with E-state index in [0.29, 0.717) is 4.90 Å². The van der Waals surface area contributed by atoms with Crippen LogP contribution in [0.1, 0.15) is 18.9 Å². The molecule has 3 aromatic heterocycles. The number of rotatable bonds is 6. The Kier molecular flexibility index (Phi) is 6.07. The molecule has 186 valence electrons. The first kappa shape index (κ1) is 24.6. The molecule has 0 aromatic carbocycles. The van der Waals surface area contributed by atoms with Crippen molar-refractivity contribution >= 4 is 21.4 Å². The van der Waals surface area contributed by atoms with Crippen molar-refractivity contribution in [3.8, 4) is 17.2 Å². The van der Waals surface area contributed by atoms with Crippen molar-refractivity contribution in [2.24, 2.45) is 0 Å². The fraction of sp³-hybridized carbons (Fsp3) is 0.350. The van der Waals surface area contributed by atoms with Crippen molar-refractivity contribution in [1.82, 2.24) is 24.7 Å². The van der Waals surface area contributed by atoms with E-state index in [1.54, 1.807) is 0 Å². The van der Waals surface area contributed by atoms with Gasteiger partial charge in [-0.1, -0.05) is 6.92 Å². The topological polar surface area (TPSA) is 111 Å². The summed E-state index contributed by atoms with van der Waals surface area (Å²) in [5.41, 5.74) is 0.0166. The van der Waals surface area contributed by atoms with Crippen molar-refractivity contribution in [1.29, 1.82) is 0 Å². The van der Waals surface area contributed by atoms with Crippen LogP contribution in [0.25, 0.3) is 17.2 Å². The molecular formula is C20H17F5N6O3S. The lowest BCUT2D eigenvalue weighted by Gasteiger charge is -2.32. The lowest BCUT2D eigenvalue weighted by molar-refractivity contribution is -0.276. The fourth-order valence-electron chi connectivity index (χ4n) is 3.52. The van der Waals surface area contributed by atoms with Crippen molar-refractivity contribution in [3.63, 3.8) is 0 Å². The Hall–Kier alpha value is -3.49. The van der Waals surface area contributed by atoms with Crippen LogP contribution in [-0.2, 0) is 21.1 Å². The zero-order valence-corrected chi connectivity index (χ0v) is 18.8. The summed E-state index contributed by atoms with van der Waals surface area (Å²) in [6, 6.07) is 4.07. The van der Waals surface area contributed by atoms with Crippen molar-refractivity contribution < 1.29 is 35.2 Å². The van der Waals surface area contributed by atoms with Gasteiger partial charge in [-0.05, 0) is 30.2 Å². The van der Waals surface area contributed by atoms with Gasteiger partial charge in [-0.15, -0.1) is 0 Å². The second kappa shape index (κ2) is 8.62. The molecule has 1 aliphatic rings. The number of aromatic nitrogens is 5. The highest BCUT2D eigenvalue weighted by Crippen LogP contribution is 2.39. The number of anilines is 1. The first-order chi connectivity index (χ1) is 16.3. The summed E-state index contributed by atoms with van der Waals surface area (Å²) < 4.78 is 92.3. The first-order valence-electron chi connectivity index (χ1n) is 10.2. The van der Waals surface area contributed by atoms with E-state index in [9.17, 15) is 35.2 Å². The molecule has 0 spiro atoms. The summed E-state index contributed by atoms with van der Waals surface area (Å²) in [5.74, 6) is -6.07. The van der Waals surface area contributed by atoms with Gasteiger partial charge in [0.25, 0.3) is 0 Å². The molecule has 0 radical (unpaired) electrons. The molecule has 15 heteroatoms. The molecule has 4 rings (SSSR count). The van der Waals surface area contributed by atoms with Crippen LogP contribution in [-0.4, -0.2) is 63.5 Å². The number of fused-ring (bicyclic) bond motifs is 1. The lowest BCUT2D eigenvalue weighted by Crippen LogP contribution is -2.50. The van der Waals surface area contributed by atoms with Crippen LogP contribution in [0.4, 0.5) is 27.6 Å². The number of hydrogen-bond acceptors (Lipinski definition) is 7. The van der Waals surface area contributed by atoms with E-state index in [1.807, 2.05) is 0 Å². The summed E-state index contributed by atoms with van der Waals surface area (Å²) >= 11 is 0. The maximum Gasteiger partial charge on any atom is 0.455 e. The summed E-state index contributed by atoms with van der Waals surface area (Å²) in [6.07, 6.45) is -2.55. The predicted molar refractivity (Wildman–Crippen MR) is 112 cm³/mol. The standard InChI is InChI=1S/C20H17F5N6O3S/c1-2-35(33,34)15-4-5-16(31-11-26-10-28-31)29-18(15)13-7-12-3-6-17(32)30(14(12)8-27-13)9-19(21,22)20(23,24)25/h4-5,7-8,10-11H,2-3,6,9H2,1H3. The smallest absolute Gasteiger partial charge is 0.304 e. The number of halogens is 5. The highest BCUT2D eigenvalue weighted by molar-refractivity contribution is 7.91. The first-order valence-corrected chi connectivity index (χ1v) is 11.8. The van der Waals surface area contributed by atoms with E-state index >= 15 is 0 Å². The van der Waals surface area contributed by atoms with Gasteiger partial charge in [0, 0.05) is 6.42 Å². The molecule has 0 saturated carbocycles. The maximum atomic E-state index is 13.7. The van der Waals surface area contributed by atoms with Gasteiger partial charge < -0.3 is 4.90 Å². The molecule has 1 aliphatic heterocycles. The van der Waals surface area contributed by atoms with Gasteiger partial charge in [0.05, 0.1) is 34.8 Å². The molecule has 1 amide bonds. The Balaban J connectivity index is 1.81. The minimum absolute atomic E-state index is 0.0367. The average molecular weight is 516 g/mol. The Labute approximate surface area is 195 Å². The quantitative estimate of drug-likeness (QED) is 0.463. The van der Waals surface area contributed by atoms with Crippen LogP contribution < -0.4 is 4.90 Å². The van der Waals surface area contributed by atoms with Crippen LogP contribution in [0, 0.1) is 0 Å². The number of carbonyl (C=O) groups is 1. The molecule has 0 fully saturated rings. The zero-order valence-electron chi connectivity index (χ0n) is 18.0. The zero-order chi connectivity index (χ0) is 25.6. The highest BCUT2D eigenvalue weighted by atomic mass is 32.2. The summed E-state index contributed by atoms with van der Waals surface area (Å²) in [6.45, 7) is -0.450. The third kappa shape index (κ3) is 4.59. The number of sulfone groups is 1. The molecule has 9 nitrogen and oxygen atoms in total. The van der Waals surface area contributed by atoms with Gasteiger partial charge in [0.2, 0.25) is 5.91 Å². The van der Waals surface area contributed by atoms with Gasteiger partial charge >= 0.3 is 12.1 Å². The fourth-order valence-corrected chi connectivity index (χ4v) is 4.55. The Morgan fingerprint density at radius 2 is 1.86 bits per heavy atom. The second-order valence-corrected chi connectivity index (χ2v) is 9.89. The second-order valence-electron chi connectivity index (χ2n) is 7.64. The average Bonchev–Trinajstić information content (AvgIpc) is 3.34. The van der Waals surface area contributed by atoms with Crippen LogP contribution >= 0.6 is 0 Å². The largest absolute Gasteiger partial charge is 0.455 e. The Bertz CT molecular complexity index is 1380. The third-order valence-electron chi connectivity index (χ3n) is 5.39. The molecule has 0 atom stereocenters. The molecule has 4 heterocycles. The molecular weight excluding hydrogens is 499 g/mol. The number of amides is 1. The van der Waals surface area contributed by atoms with E-state index in [-0.39, 0.29) is 51.9 Å². The summed E-state index contributed by atoms with van der Waals surface area (Å²) in [7, 11) is -3.78. The summed E-state index contributed by atoms with van der Waals surface area (Å²) in [4.78, 5) is 24.6. The molecule has 35 heavy (non-hydrogen) atoms. The minimum atomic E-state index is -5.84. The Morgan fingerprint density at radius 3 is 2.49 bits per heavy atom. The van der Waals surface area contributed by atoms with Crippen molar-refractivity contribution in [2.45, 2.75) is 36.8 Å². The number of pyridine rings is 2. The van der Waals surface area contributed by atoms with Gasteiger partial charge in [-0.25, -0.2) is 23.1 Å². The molecule has 0 bridgehead atoms. The van der Waals surface area contributed by atoms with Crippen LogP contribution in [0.5, 0.6) is 0 Å². The van der Waals surface area contributed by atoms with Crippen molar-refractivity contribution in [3.05, 3.63) is 42.6 Å². The van der Waals surface area contributed by atoms with Gasteiger partial charge in [0.1, 0.15) is 18.3 Å². The van der Waals surface area contributed by atoms with E-state index in [1.165, 1.54) is 42.5 Å². The molecule has 3 aromatic rings. The Morgan fingerprint density at radius 1 is 1.11 bits per heavy atom. The molecule has 0 saturated heterocycles. The minimum Gasteiger partial charge on any atom is -0.304 e. The van der Waals surface area contributed by atoms with Gasteiger partial charge in [0.15, 0.2) is 15.7 Å². The third-order valence-corrected chi connectivity index (χ3v) is 7.15. The van der Waals surface area contributed by atoms with E-state index in [4.69, 9.17) is 0 Å². The van der Waals surface area contributed by atoms with Crippen LogP contribution in [0.3, 0.4) is 0 Å². The van der Waals surface area contributed by atoms with Crippen molar-refractivity contribution in [2.75, 3.05) is 17.2 Å². The predicted octanol–water partition coefficient (Wildman–Crippen LogP) is 2.99. The van der Waals surface area contributed by atoms with E-state index < -0.39 is 34.4 Å². The van der Waals surface area contributed by atoms with Crippen LogP contribution in [0.15, 0.2) is 41.9 Å². The normalized spacial score (nSPS) is 14.8. The summed E-state index contributed by atoms with van der Waals surface area (Å²) in [5, 5.41) is 3.94. The number of aryl methyl sites for hydroxylation is 1. The van der Waals surface area contributed by atoms with Gasteiger partial charge in [-0.2, -0.15) is 27.1 Å². The van der Waals surface area contributed by atoms with E-state index in [0.717, 1.165) is 6.20 Å². The molecule has 0 N–H and O–H groups in total. The van der Waals surface area contributed by atoms with Gasteiger partial charge in [-0.3, -0.25) is 9.78 Å². The van der Waals surface area contributed by atoms with E-state index in [2.05, 4.69) is 20.1 Å². The number of carbonyl (C=O) groups excluding carboxylic acids is 1. The van der Waals surface area contributed by atoms with Crippen LogP contribution in [0.2, 0.25) is 0 Å². The number of hydrogen-bond donors (Lipinski definition) is 0. The number of nitrogens with zero attached hydrogens (tertiary/aromatic N) is 6. The highest BCUT2D eigenvalue weighted by Gasteiger charge is 2.59. The number of alkyl halides is 5. The molecule has 0 aliphatic carbocycles. The SMILES string of the molecule is CCS(=O)(=O)c1ccc(-n2cncn2)nc1-c1cc2c(cn1)N(CC(F)(F)C(F)(F)F)C(=O)CC2. The maximum absolute atomic E-state index is 13.7. The monoisotopic (exact) mass is 516 g/mol. The lowest BCUT2D eigenvalue weighted by atomic mass is 10.0.